The third kappa shape index (κ3) is 20.8. The van der Waals surface area contributed by atoms with E-state index in [1.165, 1.54) is 0 Å². The summed E-state index contributed by atoms with van der Waals surface area (Å²) in [7, 11) is 0. The lowest BCUT2D eigenvalue weighted by molar-refractivity contribution is -0.0982. The van der Waals surface area contributed by atoms with Crippen LogP contribution in [0.5, 0.6) is 0 Å². The summed E-state index contributed by atoms with van der Waals surface area (Å²) in [6.07, 6.45) is 5.13. The van der Waals surface area contributed by atoms with Gasteiger partial charge in [-0.05, 0) is 49.4 Å². The molecule has 0 bridgehead atoms. The van der Waals surface area contributed by atoms with Gasteiger partial charge in [0, 0.05) is 19.6 Å². The van der Waals surface area contributed by atoms with E-state index >= 15 is 0 Å². The zero-order valence-corrected chi connectivity index (χ0v) is 20.8. The van der Waals surface area contributed by atoms with E-state index in [9.17, 15) is 0 Å². The van der Waals surface area contributed by atoms with Crippen LogP contribution in [-0.4, -0.2) is 52.0 Å². The Kier molecular flexibility index (Phi) is 18.4. The Morgan fingerprint density at radius 2 is 1.00 bits per heavy atom. The SMILES string of the molecule is CC(C)CC(CC(C)C)OCNCCNCCOCOC(CC(C)C)CC(C)C. The van der Waals surface area contributed by atoms with Gasteiger partial charge in [-0.2, -0.15) is 0 Å². The topological polar surface area (TPSA) is 51.8 Å². The average molecular weight is 417 g/mol. The first-order chi connectivity index (χ1) is 13.7. The van der Waals surface area contributed by atoms with Gasteiger partial charge >= 0.3 is 0 Å². The van der Waals surface area contributed by atoms with E-state index in [4.69, 9.17) is 14.2 Å². The van der Waals surface area contributed by atoms with Crippen molar-refractivity contribution in [2.45, 2.75) is 93.3 Å². The lowest BCUT2D eigenvalue weighted by atomic mass is 9.98. The minimum atomic E-state index is 0.308. The van der Waals surface area contributed by atoms with Crippen LogP contribution < -0.4 is 10.6 Å². The summed E-state index contributed by atoms with van der Waals surface area (Å²) in [5.41, 5.74) is 0. The predicted octanol–water partition coefficient (Wildman–Crippen LogP) is 5.05. The highest BCUT2D eigenvalue weighted by molar-refractivity contribution is 4.64. The molecule has 0 rings (SSSR count). The average Bonchev–Trinajstić information content (AvgIpc) is 2.57. The smallest absolute Gasteiger partial charge is 0.147 e. The van der Waals surface area contributed by atoms with E-state index in [0.29, 0.717) is 56.0 Å². The molecule has 0 saturated carbocycles. The van der Waals surface area contributed by atoms with Crippen LogP contribution in [0.4, 0.5) is 0 Å². The van der Waals surface area contributed by atoms with Crippen LogP contribution in [0, 0.1) is 23.7 Å². The molecule has 0 aromatic heterocycles. The Morgan fingerprint density at radius 1 is 0.552 bits per heavy atom. The summed E-state index contributed by atoms with van der Waals surface area (Å²) in [6, 6.07) is 0. The second kappa shape index (κ2) is 18.6. The molecule has 0 radical (unpaired) electrons. The number of ether oxygens (including phenoxy) is 3. The molecule has 0 atom stereocenters. The fourth-order valence-electron chi connectivity index (χ4n) is 3.47. The highest BCUT2D eigenvalue weighted by Gasteiger charge is 2.14. The zero-order valence-electron chi connectivity index (χ0n) is 20.8. The lowest BCUT2D eigenvalue weighted by Gasteiger charge is -2.22. The molecule has 176 valence electrons. The second-order valence-electron chi connectivity index (χ2n) is 10.0. The first-order valence-corrected chi connectivity index (χ1v) is 11.9. The summed E-state index contributed by atoms with van der Waals surface area (Å²) in [4.78, 5) is 0. The van der Waals surface area contributed by atoms with E-state index in [2.05, 4.69) is 66.0 Å². The molecule has 0 aromatic rings. The number of nitrogens with one attached hydrogen (secondary N) is 2. The third-order valence-corrected chi connectivity index (χ3v) is 4.65. The van der Waals surface area contributed by atoms with Crippen LogP contribution in [0.1, 0.15) is 81.1 Å². The van der Waals surface area contributed by atoms with Crippen molar-refractivity contribution in [1.29, 1.82) is 0 Å². The van der Waals surface area contributed by atoms with Crippen LogP contribution >= 0.6 is 0 Å². The normalized spacial score (nSPS) is 12.6. The van der Waals surface area contributed by atoms with Gasteiger partial charge in [0.05, 0.1) is 25.5 Å². The molecule has 0 unspecified atom stereocenters. The predicted molar refractivity (Wildman–Crippen MR) is 124 cm³/mol. The van der Waals surface area contributed by atoms with Gasteiger partial charge in [0.2, 0.25) is 0 Å². The van der Waals surface area contributed by atoms with Crippen molar-refractivity contribution in [1.82, 2.24) is 10.6 Å². The molecule has 5 heteroatoms. The minimum absolute atomic E-state index is 0.308. The first kappa shape index (κ1) is 28.8. The van der Waals surface area contributed by atoms with E-state index < -0.39 is 0 Å². The Labute approximate surface area is 182 Å². The Balaban J connectivity index is 3.62. The highest BCUT2D eigenvalue weighted by Crippen LogP contribution is 2.17. The molecule has 5 nitrogen and oxygen atoms in total. The fourth-order valence-corrected chi connectivity index (χ4v) is 3.47. The molecule has 0 saturated heterocycles. The zero-order chi connectivity index (χ0) is 22.1. The van der Waals surface area contributed by atoms with E-state index in [1.54, 1.807) is 0 Å². The molecular weight excluding hydrogens is 364 g/mol. The summed E-state index contributed by atoms with van der Waals surface area (Å²) < 4.78 is 17.6. The van der Waals surface area contributed by atoms with Crippen LogP contribution in [0.2, 0.25) is 0 Å². The molecule has 0 fully saturated rings. The van der Waals surface area contributed by atoms with Crippen molar-refractivity contribution in [2.24, 2.45) is 23.7 Å². The first-order valence-electron chi connectivity index (χ1n) is 11.9. The molecule has 2 N–H and O–H groups in total. The standard InChI is InChI=1S/C24H52N2O3/c1-19(2)13-23(14-20(3)4)28-17-26-10-9-25-11-12-27-18-29-24(15-21(5)6)16-22(7)8/h19-26H,9-18H2,1-8H3. The number of rotatable bonds is 20. The van der Waals surface area contributed by atoms with Gasteiger partial charge in [-0.15, -0.1) is 0 Å². The Bertz CT molecular complexity index is 297. The van der Waals surface area contributed by atoms with Crippen LogP contribution in [-0.2, 0) is 14.2 Å². The maximum absolute atomic E-state index is 6.02. The van der Waals surface area contributed by atoms with Crippen molar-refractivity contribution in [3.05, 3.63) is 0 Å². The van der Waals surface area contributed by atoms with Crippen LogP contribution in [0.3, 0.4) is 0 Å². The monoisotopic (exact) mass is 416 g/mol. The molecular formula is C24H52N2O3. The maximum atomic E-state index is 6.02. The molecule has 0 aliphatic rings. The molecule has 0 spiro atoms. The third-order valence-electron chi connectivity index (χ3n) is 4.65. The molecule has 0 aromatic carbocycles. The van der Waals surface area contributed by atoms with Gasteiger partial charge in [0.25, 0.3) is 0 Å². The van der Waals surface area contributed by atoms with Gasteiger partial charge in [-0.3, -0.25) is 5.32 Å². The van der Waals surface area contributed by atoms with Crippen LogP contribution in [0.25, 0.3) is 0 Å². The summed E-state index contributed by atoms with van der Waals surface area (Å²) in [5, 5.41) is 6.76. The highest BCUT2D eigenvalue weighted by atomic mass is 16.7. The Morgan fingerprint density at radius 3 is 1.48 bits per heavy atom. The van der Waals surface area contributed by atoms with Gasteiger partial charge in [0.1, 0.15) is 6.79 Å². The van der Waals surface area contributed by atoms with Gasteiger partial charge in [0.15, 0.2) is 0 Å². The molecule has 29 heavy (non-hydrogen) atoms. The van der Waals surface area contributed by atoms with Crippen molar-refractivity contribution >= 4 is 0 Å². The fraction of sp³-hybridized carbons (Fsp3) is 1.00. The molecule has 0 heterocycles. The van der Waals surface area contributed by atoms with Gasteiger partial charge in [-0.1, -0.05) is 55.4 Å². The lowest BCUT2D eigenvalue weighted by Crippen LogP contribution is -2.32. The van der Waals surface area contributed by atoms with E-state index in [0.717, 1.165) is 45.3 Å². The van der Waals surface area contributed by atoms with Crippen molar-refractivity contribution in [3.63, 3.8) is 0 Å². The summed E-state index contributed by atoms with van der Waals surface area (Å²) in [5.74, 6) is 2.66. The second-order valence-corrected chi connectivity index (χ2v) is 10.0. The van der Waals surface area contributed by atoms with E-state index in [1.807, 2.05) is 0 Å². The van der Waals surface area contributed by atoms with E-state index in [-0.39, 0.29) is 0 Å². The van der Waals surface area contributed by atoms with Crippen LogP contribution in [0.15, 0.2) is 0 Å². The summed E-state index contributed by atoms with van der Waals surface area (Å²) >= 11 is 0. The Hall–Kier alpha value is -0.200. The van der Waals surface area contributed by atoms with Gasteiger partial charge in [-0.25, -0.2) is 0 Å². The van der Waals surface area contributed by atoms with Gasteiger partial charge < -0.3 is 19.5 Å². The van der Waals surface area contributed by atoms with Crippen molar-refractivity contribution in [3.8, 4) is 0 Å². The molecule has 0 aliphatic heterocycles. The maximum Gasteiger partial charge on any atom is 0.147 e. The quantitative estimate of drug-likeness (QED) is 0.215. The van der Waals surface area contributed by atoms with Crippen molar-refractivity contribution in [2.75, 3.05) is 39.8 Å². The van der Waals surface area contributed by atoms with Crippen molar-refractivity contribution < 1.29 is 14.2 Å². The summed E-state index contributed by atoms with van der Waals surface area (Å²) in [6.45, 7) is 22.4. The molecule has 0 amide bonds. The minimum Gasteiger partial charge on any atom is -0.363 e. The number of hydrogen-bond acceptors (Lipinski definition) is 5. The number of hydrogen-bond donors (Lipinski definition) is 2. The largest absolute Gasteiger partial charge is 0.363 e. The molecule has 0 aliphatic carbocycles.